The highest BCUT2D eigenvalue weighted by Crippen LogP contribution is 2.21. The van der Waals surface area contributed by atoms with Gasteiger partial charge in [-0.2, -0.15) is 5.10 Å². The molecule has 4 N–H and O–H groups in total. The van der Waals surface area contributed by atoms with E-state index in [0.29, 0.717) is 11.3 Å². The first-order valence-electron chi connectivity index (χ1n) is 7.83. The second-order valence-corrected chi connectivity index (χ2v) is 5.78. The molecule has 0 fully saturated rings. The van der Waals surface area contributed by atoms with Gasteiger partial charge < -0.3 is 10.2 Å². The molecule has 1 aromatic heterocycles. The van der Waals surface area contributed by atoms with Crippen LogP contribution < -0.4 is 21.1 Å². The molecular formula is C19H14N4O3. The summed E-state index contributed by atoms with van der Waals surface area (Å²) in [6.07, 6.45) is 1.56. The van der Waals surface area contributed by atoms with E-state index in [2.05, 4.69) is 10.1 Å². The molecule has 2 aromatic carbocycles. The minimum atomic E-state index is -0.531. The van der Waals surface area contributed by atoms with Crippen molar-refractivity contribution < 1.29 is 10.2 Å². The molecule has 0 bridgehead atoms. The zero-order chi connectivity index (χ0) is 18.3. The molecule has 4 rings (SSSR count). The maximum Gasteiger partial charge on any atom is 0.260 e. The van der Waals surface area contributed by atoms with Gasteiger partial charge in [-0.3, -0.25) is 15.2 Å². The minimum absolute atomic E-state index is 0.0366. The van der Waals surface area contributed by atoms with E-state index in [0.717, 1.165) is 0 Å². The van der Waals surface area contributed by atoms with Crippen molar-refractivity contribution in [2.24, 2.45) is 5.10 Å². The van der Waals surface area contributed by atoms with Gasteiger partial charge in [-0.25, -0.2) is 5.01 Å². The second-order valence-electron chi connectivity index (χ2n) is 5.78. The quantitative estimate of drug-likeness (QED) is 0.554. The maximum atomic E-state index is 12.4. The van der Waals surface area contributed by atoms with Gasteiger partial charge in [-0.15, -0.1) is 0 Å². The first-order chi connectivity index (χ1) is 12.5. The van der Waals surface area contributed by atoms with Gasteiger partial charge >= 0.3 is 0 Å². The van der Waals surface area contributed by atoms with E-state index >= 15 is 0 Å². The van der Waals surface area contributed by atoms with Crippen LogP contribution in [0.4, 0.5) is 5.69 Å². The standard InChI is InChI=1S/C19H14N4O3/c20-17-15-16(22-23(17)12-6-2-1-3-7-12)14(18(25)21-19(15)26)10-11-5-4-8-13(24)9-11/h1-10,20,24,26H,(H,21,25)/b14-10+,20-17?. The smallest absolute Gasteiger partial charge is 0.260 e. The van der Waals surface area contributed by atoms with Crippen molar-refractivity contribution in [2.75, 3.05) is 5.01 Å². The Balaban J connectivity index is 2.00. The fourth-order valence-electron chi connectivity index (χ4n) is 2.85. The van der Waals surface area contributed by atoms with Crippen LogP contribution in [0, 0.1) is 5.41 Å². The zero-order valence-corrected chi connectivity index (χ0v) is 13.5. The van der Waals surface area contributed by atoms with Crippen LogP contribution in [0.25, 0.3) is 6.08 Å². The Labute approximate surface area is 147 Å². The third-order valence-corrected chi connectivity index (χ3v) is 4.04. The number of hydrogen-bond acceptors (Lipinski definition) is 5. The molecule has 2 heterocycles. The van der Waals surface area contributed by atoms with Crippen molar-refractivity contribution >= 4 is 17.6 Å². The molecule has 0 aliphatic carbocycles. The summed E-state index contributed by atoms with van der Waals surface area (Å²) in [5.41, 5.74) is 0.864. The lowest BCUT2D eigenvalue weighted by Crippen LogP contribution is -2.42. The summed E-state index contributed by atoms with van der Waals surface area (Å²) in [4.78, 5) is 14.7. The van der Waals surface area contributed by atoms with Gasteiger partial charge in [0.1, 0.15) is 16.7 Å². The molecule has 0 unspecified atom stereocenters. The Morgan fingerprint density at radius 3 is 2.58 bits per heavy atom. The number of aromatic amines is 1. The van der Waals surface area contributed by atoms with Gasteiger partial charge in [-0.05, 0) is 35.9 Å². The van der Waals surface area contributed by atoms with Crippen LogP contribution in [0.15, 0.2) is 64.5 Å². The molecular weight excluding hydrogens is 332 g/mol. The van der Waals surface area contributed by atoms with E-state index in [1.165, 1.54) is 17.1 Å². The first-order valence-corrected chi connectivity index (χ1v) is 7.83. The highest BCUT2D eigenvalue weighted by Gasteiger charge is 2.26. The number of anilines is 1. The predicted octanol–water partition coefficient (Wildman–Crippen LogP) is 0.995. The third-order valence-electron chi connectivity index (χ3n) is 4.04. The van der Waals surface area contributed by atoms with Gasteiger partial charge in [0.2, 0.25) is 5.88 Å². The van der Waals surface area contributed by atoms with E-state index < -0.39 is 11.4 Å². The van der Waals surface area contributed by atoms with Gasteiger partial charge in [0.15, 0.2) is 5.84 Å². The molecule has 0 amide bonds. The summed E-state index contributed by atoms with van der Waals surface area (Å²) < 4.78 is 0. The van der Waals surface area contributed by atoms with Crippen LogP contribution >= 0.6 is 0 Å². The van der Waals surface area contributed by atoms with Crippen molar-refractivity contribution in [3.05, 3.63) is 86.7 Å². The minimum Gasteiger partial charge on any atom is -0.508 e. The molecule has 0 spiro atoms. The zero-order valence-electron chi connectivity index (χ0n) is 13.5. The average molecular weight is 346 g/mol. The van der Waals surface area contributed by atoms with Crippen molar-refractivity contribution in [3.8, 4) is 11.6 Å². The first kappa shape index (κ1) is 15.6. The predicted molar refractivity (Wildman–Crippen MR) is 96.9 cm³/mol. The number of H-pyrrole nitrogens is 1. The fourth-order valence-corrected chi connectivity index (χ4v) is 2.85. The summed E-state index contributed by atoms with van der Waals surface area (Å²) >= 11 is 0. The Bertz CT molecular complexity index is 1200. The van der Waals surface area contributed by atoms with Crippen molar-refractivity contribution in [1.82, 2.24) is 4.98 Å². The molecule has 128 valence electrons. The van der Waals surface area contributed by atoms with Crippen molar-refractivity contribution in [2.45, 2.75) is 0 Å². The second kappa shape index (κ2) is 5.89. The summed E-state index contributed by atoms with van der Waals surface area (Å²) in [6.45, 7) is 0. The molecule has 7 heteroatoms. The van der Waals surface area contributed by atoms with Crippen LogP contribution in [-0.2, 0) is 0 Å². The summed E-state index contributed by atoms with van der Waals surface area (Å²) in [5, 5.41) is 34.3. The van der Waals surface area contributed by atoms with Gasteiger partial charge in [-0.1, -0.05) is 30.3 Å². The van der Waals surface area contributed by atoms with Gasteiger partial charge in [0.25, 0.3) is 5.56 Å². The van der Waals surface area contributed by atoms with Crippen LogP contribution in [0.5, 0.6) is 11.6 Å². The van der Waals surface area contributed by atoms with E-state index in [-0.39, 0.29) is 27.7 Å². The molecule has 0 radical (unpaired) electrons. The molecule has 0 saturated heterocycles. The third kappa shape index (κ3) is 2.51. The number of fused-ring (bicyclic) bond motifs is 1. The number of para-hydroxylation sites is 1. The summed E-state index contributed by atoms with van der Waals surface area (Å²) in [5.74, 6) is -0.364. The molecule has 0 saturated carbocycles. The fraction of sp³-hybridized carbons (Fsp3) is 0. The number of pyridine rings is 1. The number of phenols is 1. The topological polar surface area (TPSA) is 113 Å². The lowest BCUT2D eigenvalue weighted by atomic mass is 10.1. The van der Waals surface area contributed by atoms with Gasteiger partial charge in [0.05, 0.1) is 10.9 Å². The van der Waals surface area contributed by atoms with Crippen LogP contribution in [0.3, 0.4) is 0 Å². The highest BCUT2D eigenvalue weighted by molar-refractivity contribution is 6.10. The molecule has 1 aliphatic rings. The summed E-state index contributed by atoms with van der Waals surface area (Å²) in [7, 11) is 0. The number of aromatic nitrogens is 1. The number of amidine groups is 1. The summed E-state index contributed by atoms with van der Waals surface area (Å²) in [6, 6.07) is 15.5. The van der Waals surface area contributed by atoms with Crippen LogP contribution in [0.2, 0.25) is 0 Å². The Kier molecular flexibility index (Phi) is 3.54. The van der Waals surface area contributed by atoms with E-state index in [1.807, 2.05) is 18.2 Å². The van der Waals surface area contributed by atoms with Crippen molar-refractivity contribution in [3.63, 3.8) is 0 Å². The number of nitrogens with one attached hydrogen (secondary N) is 2. The number of hydrogen-bond donors (Lipinski definition) is 4. The lowest BCUT2D eigenvalue weighted by molar-refractivity contribution is 0.449. The molecule has 0 atom stereocenters. The average Bonchev–Trinajstić information content (AvgIpc) is 2.97. The van der Waals surface area contributed by atoms with E-state index in [1.54, 1.807) is 30.3 Å². The van der Waals surface area contributed by atoms with Crippen molar-refractivity contribution in [1.29, 1.82) is 5.41 Å². The molecule has 3 aromatic rings. The number of phenolic OH excluding ortho intramolecular Hbond substituents is 1. The highest BCUT2D eigenvalue weighted by atomic mass is 16.3. The van der Waals surface area contributed by atoms with Gasteiger partial charge in [0, 0.05) is 0 Å². The SMILES string of the molecule is N=C1c2c(O)[nH]c(=O)/c(=C/c3cccc(O)c3)c2=NN1c1ccccc1. The van der Waals surface area contributed by atoms with E-state index in [4.69, 9.17) is 5.41 Å². The Morgan fingerprint density at radius 2 is 1.85 bits per heavy atom. The Hall–Kier alpha value is -3.87. The molecule has 1 aliphatic heterocycles. The number of benzene rings is 2. The maximum absolute atomic E-state index is 12.4. The largest absolute Gasteiger partial charge is 0.508 e. The number of nitrogens with zero attached hydrogens (tertiary/aromatic N) is 2. The number of aromatic hydroxyl groups is 2. The monoisotopic (exact) mass is 346 g/mol. The number of rotatable bonds is 2. The molecule has 7 nitrogen and oxygen atoms in total. The van der Waals surface area contributed by atoms with Crippen LogP contribution in [0.1, 0.15) is 11.1 Å². The Morgan fingerprint density at radius 1 is 1.08 bits per heavy atom. The van der Waals surface area contributed by atoms with E-state index in [9.17, 15) is 15.0 Å². The molecule has 26 heavy (non-hydrogen) atoms. The lowest BCUT2D eigenvalue weighted by Gasteiger charge is -2.13. The normalized spacial score (nSPS) is 13.6. The van der Waals surface area contributed by atoms with Crippen LogP contribution in [-0.4, -0.2) is 21.0 Å².